The Morgan fingerprint density at radius 2 is 1.78 bits per heavy atom. The summed E-state index contributed by atoms with van der Waals surface area (Å²) in [6.45, 7) is 4.52. The fourth-order valence-electron chi connectivity index (χ4n) is 3.27. The lowest BCUT2D eigenvalue weighted by atomic mass is 10.3. The Morgan fingerprint density at radius 1 is 1.00 bits per heavy atom. The number of fused-ring (bicyclic) bond motifs is 1. The molecule has 4 heterocycles. The second-order valence-electron chi connectivity index (χ2n) is 7.07. The van der Waals surface area contributed by atoms with E-state index in [1.165, 1.54) is 22.7 Å². The number of nitrogens with one attached hydrogen (secondary N) is 2. The number of rotatable bonds is 4. The monoisotopic (exact) mass is 469 g/mol. The van der Waals surface area contributed by atoms with Crippen LogP contribution in [0.1, 0.15) is 25.9 Å². The van der Waals surface area contributed by atoms with Crippen LogP contribution in [0.5, 0.6) is 0 Å². The van der Waals surface area contributed by atoms with E-state index in [1.54, 1.807) is 19.1 Å². The fourth-order valence-corrected chi connectivity index (χ4v) is 5.21. The number of nitrogens with zero attached hydrogens (tertiary/aromatic N) is 3. The van der Waals surface area contributed by atoms with Gasteiger partial charge in [0.15, 0.2) is 21.7 Å². The third kappa shape index (κ3) is 4.09. The predicted molar refractivity (Wildman–Crippen MR) is 122 cm³/mol. The molecule has 5 rings (SSSR count). The number of aromatic nitrogens is 2. The number of furan rings is 1. The van der Waals surface area contributed by atoms with E-state index in [-0.39, 0.29) is 5.76 Å². The van der Waals surface area contributed by atoms with Crippen molar-refractivity contribution in [3.63, 3.8) is 0 Å². The van der Waals surface area contributed by atoms with Crippen molar-refractivity contribution in [1.29, 1.82) is 0 Å². The lowest BCUT2D eigenvalue weighted by Crippen LogP contribution is -2.41. The number of carbonyl (C=O) groups is 2. The molecule has 164 valence electrons. The lowest BCUT2D eigenvalue weighted by Gasteiger charge is -2.25. The van der Waals surface area contributed by atoms with Crippen molar-refractivity contribution < 1.29 is 18.7 Å². The number of hydrogen-bond acceptors (Lipinski definition) is 9. The molecule has 1 aliphatic heterocycles. The van der Waals surface area contributed by atoms with Crippen LogP contribution >= 0.6 is 22.7 Å². The summed E-state index contributed by atoms with van der Waals surface area (Å²) in [6.07, 6.45) is 0. The highest BCUT2D eigenvalue weighted by Gasteiger charge is 2.21. The Bertz CT molecular complexity index is 1260. The van der Waals surface area contributed by atoms with Gasteiger partial charge < -0.3 is 14.1 Å². The quantitative estimate of drug-likeness (QED) is 0.442. The number of para-hydroxylation sites is 1. The SMILES string of the molecule is Cc1nc(N2CCOCC2)sc1C(=O)NNC(=O)c1ccc(-c2nc3ccccc3s2)o1. The van der Waals surface area contributed by atoms with Crippen LogP contribution in [0.3, 0.4) is 0 Å². The minimum absolute atomic E-state index is 0.0783. The maximum absolute atomic E-state index is 12.6. The predicted octanol–water partition coefficient (Wildman–Crippen LogP) is 3.23. The van der Waals surface area contributed by atoms with Gasteiger partial charge in [-0.2, -0.15) is 0 Å². The molecule has 32 heavy (non-hydrogen) atoms. The molecule has 0 radical (unpaired) electrons. The van der Waals surface area contributed by atoms with Gasteiger partial charge in [0.05, 0.1) is 29.1 Å². The Kier molecular flexibility index (Phi) is 5.60. The van der Waals surface area contributed by atoms with Gasteiger partial charge in [0.1, 0.15) is 4.88 Å². The average Bonchev–Trinajstić information content (AvgIpc) is 3.55. The summed E-state index contributed by atoms with van der Waals surface area (Å²) >= 11 is 2.77. The number of aryl methyl sites for hydroxylation is 1. The van der Waals surface area contributed by atoms with Crippen molar-refractivity contribution in [3.05, 3.63) is 52.7 Å². The summed E-state index contributed by atoms with van der Waals surface area (Å²) in [6, 6.07) is 11.0. The second kappa shape index (κ2) is 8.69. The molecule has 2 amide bonds. The summed E-state index contributed by atoms with van der Waals surface area (Å²) in [5.74, 6) is -0.405. The van der Waals surface area contributed by atoms with E-state index >= 15 is 0 Å². The molecule has 0 atom stereocenters. The first kappa shape index (κ1) is 20.6. The molecular formula is C21H19N5O4S2. The molecule has 0 saturated carbocycles. The van der Waals surface area contributed by atoms with Crippen LogP contribution in [0, 0.1) is 6.92 Å². The number of ether oxygens (including phenoxy) is 1. The third-order valence-corrected chi connectivity index (χ3v) is 7.17. The van der Waals surface area contributed by atoms with Gasteiger partial charge in [-0.3, -0.25) is 20.4 Å². The van der Waals surface area contributed by atoms with Crippen LogP contribution in [0.2, 0.25) is 0 Å². The van der Waals surface area contributed by atoms with Crippen LogP contribution in [0.25, 0.3) is 21.0 Å². The molecule has 11 heteroatoms. The zero-order valence-corrected chi connectivity index (χ0v) is 18.7. The van der Waals surface area contributed by atoms with E-state index in [9.17, 15) is 9.59 Å². The number of hydrazine groups is 1. The Morgan fingerprint density at radius 3 is 2.59 bits per heavy atom. The summed E-state index contributed by atoms with van der Waals surface area (Å²) in [4.78, 5) is 36.6. The Labute approximate surface area is 191 Å². The molecule has 4 aromatic rings. The summed E-state index contributed by atoms with van der Waals surface area (Å²) in [7, 11) is 0. The molecular weight excluding hydrogens is 450 g/mol. The van der Waals surface area contributed by atoms with Gasteiger partial charge in [-0.15, -0.1) is 11.3 Å². The highest BCUT2D eigenvalue weighted by Crippen LogP contribution is 2.31. The summed E-state index contributed by atoms with van der Waals surface area (Å²) in [5.41, 5.74) is 6.33. The first-order valence-corrected chi connectivity index (χ1v) is 11.6. The average molecular weight is 470 g/mol. The largest absolute Gasteiger partial charge is 0.448 e. The molecule has 1 aliphatic rings. The van der Waals surface area contributed by atoms with E-state index in [1.807, 2.05) is 24.3 Å². The van der Waals surface area contributed by atoms with E-state index in [2.05, 4.69) is 25.7 Å². The minimum Gasteiger partial charge on any atom is -0.448 e. The highest BCUT2D eigenvalue weighted by atomic mass is 32.1. The van der Waals surface area contributed by atoms with E-state index in [4.69, 9.17) is 9.15 Å². The molecule has 3 aromatic heterocycles. The lowest BCUT2D eigenvalue weighted by molar-refractivity contribution is 0.0833. The van der Waals surface area contributed by atoms with E-state index < -0.39 is 11.8 Å². The van der Waals surface area contributed by atoms with Gasteiger partial charge in [-0.25, -0.2) is 9.97 Å². The Balaban J connectivity index is 1.23. The topological polar surface area (TPSA) is 110 Å². The smallest absolute Gasteiger partial charge is 0.305 e. The highest BCUT2D eigenvalue weighted by molar-refractivity contribution is 7.21. The molecule has 9 nitrogen and oxygen atoms in total. The van der Waals surface area contributed by atoms with Crippen molar-refractivity contribution in [2.45, 2.75) is 6.92 Å². The summed E-state index contributed by atoms with van der Waals surface area (Å²) < 4.78 is 12.1. The van der Waals surface area contributed by atoms with E-state index in [0.717, 1.165) is 28.4 Å². The molecule has 1 aromatic carbocycles. The van der Waals surface area contributed by atoms with Crippen LogP contribution in [0.15, 0.2) is 40.8 Å². The maximum Gasteiger partial charge on any atom is 0.305 e. The van der Waals surface area contributed by atoms with E-state index in [0.29, 0.717) is 34.6 Å². The van der Waals surface area contributed by atoms with Crippen molar-refractivity contribution in [2.75, 3.05) is 31.2 Å². The number of benzene rings is 1. The first-order valence-electron chi connectivity index (χ1n) is 9.95. The van der Waals surface area contributed by atoms with Crippen LogP contribution in [-0.2, 0) is 4.74 Å². The molecule has 0 spiro atoms. The molecule has 1 fully saturated rings. The van der Waals surface area contributed by atoms with Crippen molar-refractivity contribution in [1.82, 2.24) is 20.8 Å². The van der Waals surface area contributed by atoms with Gasteiger partial charge in [-0.05, 0) is 31.2 Å². The van der Waals surface area contributed by atoms with Crippen LogP contribution in [-0.4, -0.2) is 48.1 Å². The Hall–Kier alpha value is -3.28. The van der Waals surface area contributed by atoms with Gasteiger partial charge in [-0.1, -0.05) is 23.5 Å². The van der Waals surface area contributed by atoms with Crippen LogP contribution in [0.4, 0.5) is 5.13 Å². The molecule has 1 saturated heterocycles. The fraction of sp³-hybridized carbons (Fsp3) is 0.238. The van der Waals surface area contributed by atoms with Crippen molar-refractivity contribution in [2.24, 2.45) is 0 Å². The zero-order valence-electron chi connectivity index (χ0n) is 17.1. The third-order valence-electron chi connectivity index (χ3n) is 4.90. The number of morpholine rings is 1. The molecule has 2 N–H and O–H groups in total. The van der Waals surface area contributed by atoms with Gasteiger partial charge in [0, 0.05) is 13.1 Å². The number of anilines is 1. The van der Waals surface area contributed by atoms with Gasteiger partial charge >= 0.3 is 5.91 Å². The number of hydrogen-bond donors (Lipinski definition) is 2. The summed E-state index contributed by atoms with van der Waals surface area (Å²) in [5, 5.41) is 1.46. The number of carbonyl (C=O) groups excluding carboxylic acids is 2. The van der Waals surface area contributed by atoms with Crippen molar-refractivity contribution in [3.8, 4) is 10.8 Å². The zero-order chi connectivity index (χ0) is 22.1. The normalized spacial score (nSPS) is 14.0. The first-order chi connectivity index (χ1) is 15.6. The molecule has 0 unspecified atom stereocenters. The van der Waals surface area contributed by atoms with Gasteiger partial charge in [0.2, 0.25) is 0 Å². The van der Waals surface area contributed by atoms with Crippen LogP contribution < -0.4 is 15.8 Å². The van der Waals surface area contributed by atoms with Crippen molar-refractivity contribution >= 4 is 49.8 Å². The maximum atomic E-state index is 12.6. The number of thiazole rings is 2. The second-order valence-corrected chi connectivity index (χ2v) is 9.08. The number of amides is 2. The molecule has 0 bridgehead atoms. The molecule has 0 aliphatic carbocycles. The standard InChI is InChI=1S/C21H19N5O4S2/c1-12-17(32-21(22-12)26-8-10-29-11-9-26)19(28)25-24-18(27)14-6-7-15(30-14)20-23-13-4-2-3-5-16(13)31-20/h2-7H,8-11H2,1H3,(H,24,27)(H,25,28). The minimum atomic E-state index is -0.554. The van der Waals surface area contributed by atoms with Gasteiger partial charge in [0.25, 0.3) is 5.91 Å².